The van der Waals surface area contributed by atoms with Crippen molar-refractivity contribution in [2.45, 2.75) is 11.2 Å². The van der Waals surface area contributed by atoms with Crippen LogP contribution in [-0.2, 0) is 4.32 Å². The zero-order chi connectivity index (χ0) is 16.4. The minimum Gasteiger partial charge on any atom is -0.0696 e. The molecular weight excluding hydrogens is 344 g/mol. The third-order valence-electron chi connectivity index (χ3n) is 4.10. The highest BCUT2D eigenvalue weighted by Crippen LogP contribution is 2.45. The van der Waals surface area contributed by atoms with Crippen molar-refractivity contribution in [2.24, 2.45) is 0 Å². The van der Waals surface area contributed by atoms with E-state index in [9.17, 15) is 0 Å². The number of aryl methyl sites for hydroxylation is 1. The summed E-state index contributed by atoms with van der Waals surface area (Å²) < 4.78 is -0.415. The van der Waals surface area contributed by atoms with Crippen molar-refractivity contribution in [3.63, 3.8) is 0 Å². The van der Waals surface area contributed by atoms with Crippen molar-refractivity contribution in [3.8, 4) is 0 Å². The fourth-order valence-corrected chi connectivity index (χ4v) is 3.61. The van der Waals surface area contributed by atoms with E-state index in [1.54, 1.807) is 0 Å². The first kappa shape index (κ1) is 16.0. The zero-order valence-corrected chi connectivity index (χ0v) is 14.8. The Hall–Kier alpha value is -1.86. The van der Waals surface area contributed by atoms with Gasteiger partial charge in [0.25, 0.3) is 0 Å². The monoisotopic (exact) mass is 362 g/mol. The molecule has 0 fully saturated rings. The molecule has 0 nitrogen and oxygen atoms in total. The Morgan fingerprint density at radius 2 is 1.17 bits per heavy atom. The number of rotatable bonds is 3. The highest BCUT2D eigenvalue weighted by molar-refractivity contribution is 9.10. The lowest BCUT2D eigenvalue weighted by molar-refractivity contribution is 0.913. The minimum absolute atomic E-state index is 0.415. The van der Waals surface area contributed by atoms with Crippen LogP contribution < -0.4 is 0 Å². The summed E-state index contributed by atoms with van der Waals surface area (Å²) in [7, 11) is 0. The summed E-state index contributed by atoms with van der Waals surface area (Å²) in [6.45, 7) is 10.3. The molecule has 0 heterocycles. The van der Waals surface area contributed by atoms with E-state index in [4.69, 9.17) is 0 Å². The summed E-state index contributed by atoms with van der Waals surface area (Å²) in [6, 6.07) is 25.3. The van der Waals surface area contributed by atoms with Crippen molar-refractivity contribution < 1.29 is 0 Å². The Kier molecular flexibility index (Phi) is 4.41. The van der Waals surface area contributed by atoms with Gasteiger partial charge in [-0.15, -0.1) is 0 Å². The molecule has 23 heavy (non-hydrogen) atoms. The first-order valence-electron chi connectivity index (χ1n) is 7.61. The molecule has 0 bridgehead atoms. The van der Waals surface area contributed by atoms with Crippen molar-refractivity contribution in [1.29, 1.82) is 0 Å². The number of halogens is 1. The summed E-state index contributed by atoms with van der Waals surface area (Å²) in [5.41, 5.74) is 6.78. The third kappa shape index (κ3) is 3.11. The van der Waals surface area contributed by atoms with Gasteiger partial charge in [0, 0.05) is 0 Å². The quantitative estimate of drug-likeness (QED) is 0.393. The second kappa shape index (κ2) is 6.33. The number of alkyl halides is 1. The van der Waals surface area contributed by atoms with E-state index in [1.807, 2.05) is 12.1 Å². The highest BCUT2D eigenvalue weighted by atomic mass is 79.9. The van der Waals surface area contributed by atoms with Crippen LogP contribution in [0, 0.1) is 20.8 Å². The number of benzene rings is 3. The van der Waals surface area contributed by atoms with Crippen LogP contribution in [-0.4, -0.2) is 0 Å². The van der Waals surface area contributed by atoms with Gasteiger partial charge < -0.3 is 0 Å². The Labute approximate surface area is 147 Å². The van der Waals surface area contributed by atoms with Gasteiger partial charge in [0.15, 0.2) is 0 Å². The van der Waals surface area contributed by atoms with Crippen LogP contribution in [0.5, 0.6) is 0 Å². The van der Waals surface area contributed by atoms with E-state index in [2.05, 4.69) is 97.4 Å². The Morgan fingerprint density at radius 3 is 1.61 bits per heavy atom. The van der Waals surface area contributed by atoms with E-state index in [1.165, 1.54) is 22.3 Å². The zero-order valence-electron chi connectivity index (χ0n) is 13.2. The molecule has 0 N–H and O–H groups in total. The first-order chi connectivity index (χ1) is 11.0. The SMILES string of the molecule is [CH2]c1cccc(C(Br)(c2ccc(C)cc2)c2cccc([CH2])c2)c1. The molecule has 3 aromatic rings. The average Bonchev–Trinajstić information content (AvgIpc) is 2.55. The molecule has 0 aliphatic carbocycles. The molecule has 2 radical (unpaired) electrons. The van der Waals surface area contributed by atoms with Crippen LogP contribution in [0.4, 0.5) is 0 Å². The van der Waals surface area contributed by atoms with Gasteiger partial charge in [0.2, 0.25) is 0 Å². The van der Waals surface area contributed by atoms with E-state index < -0.39 is 4.32 Å². The van der Waals surface area contributed by atoms with Crippen LogP contribution in [0.25, 0.3) is 0 Å². The summed E-state index contributed by atoms with van der Waals surface area (Å²) >= 11 is 4.05. The van der Waals surface area contributed by atoms with Crippen molar-refractivity contribution >= 4 is 15.9 Å². The van der Waals surface area contributed by atoms with Gasteiger partial charge >= 0.3 is 0 Å². The largest absolute Gasteiger partial charge is 0.100 e. The standard InChI is InChI=1S/C22H19Br/c1-16-10-12-19(13-11-16)22(23,20-8-4-6-17(2)14-20)21-9-5-7-18(3)15-21/h4-15H,2-3H2,1H3. The maximum Gasteiger partial charge on any atom is 0.100 e. The van der Waals surface area contributed by atoms with Crippen LogP contribution in [0.2, 0.25) is 0 Å². The first-order valence-corrected chi connectivity index (χ1v) is 8.40. The predicted molar refractivity (Wildman–Crippen MR) is 102 cm³/mol. The Morgan fingerprint density at radius 1 is 0.696 bits per heavy atom. The van der Waals surface area contributed by atoms with Crippen molar-refractivity contribution in [2.75, 3.05) is 0 Å². The molecule has 0 amide bonds. The van der Waals surface area contributed by atoms with Crippen molar-refractivity contribution in [1.82, 2.24) is 0 Å². The maximum absolute atomic E-state index is 4.08. The predicted octanol–water partition coefficient (Wildman–Crippen LogP) is 6.05. The molecule has 114 valence electrons. The van der Waals surface area contributed by atoms with E-state index in [0.717, 1.165) is 11.1 Å². The summed E-state index contributed by atoms with van der Waals surface area (Å²) in [5, 5.41) is 0. The van der Waals surface area contributed by atoms with E-state index in [0.29, 0.717) is 0 Å². The molecule has 3 rings (SSSR count). The van der Waals surface area contributed by atoms with Crippen molar-refractivity contribution in [3.05, 3.63) is 120 Å². The van der Waals surface area contributed by atoms with E-state index in [-0.39, 0.29) is 0 Å². The molecule has 0 aromatic heterocycles. The van der Waals surface area contributed by atoms with Gasteiger partial charge in [0.1, 0.15) is 4.32 Å². The van der Waals surface area contributed by atoms with Gasteiger partial charge in [-0.2, -0.15) is 0 Å². The smallest absolute Gasteiger partial charge is 0.0696 e. The number of hydrogen-bond acceptors (Lipinski definition) is 0. The van der Waals surface area contributed by atoms with Gasteiger partial charge in [0.05, 0.1) is 0 Å². The van der Waals surface area contributed by atoms with Crippen LogP contribution in [0.1, 0.15) is 33.4 Å². The Bertz CT molecular complexity index is 770. The molecular formula is C22H19Br. The van der Waals surface area contributed by atoms with Gasteiger partial charge in [-0.1, -0.05) is 94.3 Å². The fraction of sp³-hybridized carbons (Fsp3) is 0.0909. The average molecular weight is 363 g/mol. The molecule has 3 aromatic carbocycles. The Balaban J connectivity index is 2.27. The van der Waals surface area contributed by atoms with Crippen LogP contribution >= 0.6 is 15.9 Å². The van der Waals surface area contributed by atoms with Crippen LogP contribution in [0.15, 0.2) is 72.8 Å². The normalized spacial score (nSPS) is 11.5. The molecule has 0 aliphatic heterocycles. The lowest BCUT2D eigenvalue weighted by Gasteiger charge is -2.30. The molecule has 0 atom stereocenters. The summed E-state index contributed by atoms with van der Waals surface area (Å²) in [4.78, 5) is 0. The number of hydrogen-bond donors (Lipinski definition) is 0. The van der Waals surface area contributed by atoms with Gasteiger partial charge in [-0.3, -0.25) is 0 Å². The summed E-state index contributed by atoms with van der Waals surface area (Å²) in [5.74, 6) is 0. The lowest BCUT2D eigenvalue weighted by Crippen LogP contribution is -2.22. The second-order valence-corrected chi connectivity index (χ2v) is 7.11. The molecule has 1 heteroatoms. The third-order valence-corrected chi connectivity index (χ3v) is 5.47. The molecule has 0 unspecified atom stereocenters. The maximum atomic E-state index is 4.08. The van der Waals surface area contributed by atoms with Gasteiger partial charge in [-0.25, -0.2) is 0 Å². The lowest BCUT2D eigenvalue weighted by atomic mass is 9.83. The minimum atomic E-state index is -0.415. The molecule has 0 saturated carbocycles. The van der Waals surface area contributed by atoms with E-state index >= 15 is 0 Å². The molecule has 0 aliphatic rings. The fourth-order valence-electron chi connectivity index (χ4n) is 2.85. The highest BCUT2D eigenvalue weighted by Gasteiger charge is 2.33. The van der Waals surface area contributed by atoms with Crippen LogP contribution in [0.3, 0.4) is 0 Å². The second-order valence-electron chi connectivity index (χ2n) is 5.93. The molecule has 0 spiro atoms. The topological polar surface area (TPSA) is 0 Å². The molecule has 0 saturated heterocycles. The summed E-state index contributed by atoms with van der Waals surface area (Å²) in [6.07, 6.45) is 0. The van der Waals surface area contributed by atoms with Gasteiger partial charge in [-0.05, 0) is 48.6 Å².